The number of carbonyl (C=O) groups is 2. The Morgan fingerprint density at radius 3 is 2.62 bits per heavy atom. The van der Waals surface area contributed by atoms with Gasteiger partial charge in [0.05, 0.1) is 10.0 Å². The summed E-state index contributed by atoms with van der Waals surface area (Å²) in [6, 6.07) is 5.52. The van der Waals surface area contributed by atoms with Gasteiger partial charge in [0.25, 0.3) is 0 Å². The summed E-state index contributed by atoms with van der Waals surface area (Å²) in [5, 5.41) is 9.92. The van der Waals surface area contributed by atoms with Crippen LogP contribution in [-0.4, -0.2) is 34.5 Å². The van der Waals surface area contributed by atoms with Gasteiger partial charge in [-0.2, -0.15) is 0 Å². The molecule has 0 bridgehead atoms. The van der Waals surface area contributed by atoms with Crippen molar-refractivity contribution in [2.75, 3.05) is 6.54 Å². The van der Waals surface area contributed by atoms with Crippen molar-refractivity contribution in [1.82, 2.24) is 4.90 Å². The summed E-state index contributed by atoms with van der Waals surface area (Å²) in [5.41, 5.74) is 0.883. The fourth-order valence-corrected chi connectivity index (χ4v) is 3.20. The number of rotatable bonds is 5. The van der Waals surface area contributed by atoms with Gasteiger partial charge in [0.15, 0.2) is 0 Å². The number of hydrogen-bond donors (Lipinski definition) is 1. The highest BCUT2D eigenvalue weighted by atomic mass is 35.5. The minimum Gasteiger partial charge on any atom is -0.480 e. The van der Waals surface area contributed by atoms with Crippen LogP contribution in [0.5, 0.6) is 0 Å². The molecule has 2 aliphatic carbocycles. The second-order valence-electron chi connectivity index (χ2n) is 5.68. The van der Waals surface area contributed by atoms with E-state index in [1.54, 1.807) is 6.07 Å². The van der Waals surface area contributed by atoms with E-state index in [-0.39, 0.29) is 30.3 Å². The van der Waals surface area contributed by atoms with Crippen molar-refractivity contribution in [3.63, 3.8) is 0 Å². The van der Waals surface area contributed by atoms with Gasteiger partial charge in [-0.1, -0.05) is 35.3 Å². The first kappa shape index (κ1) is 14.7. The van der Waals surface area contributed by atoms with Gasteiger partial charge in [0.2, 0.25) is 5.91 Å². The van der Waals surface area contributed by atoms with Crippen molar-refractivity contribution in [2.24, 2.45) is 5.92 Å². The molecule has 112 valence electrons. The predicted molar refractivity (Wildman–Crippen MR) is 79.7 cm³/mol. The number of hydrogen-bond acceptors (Lipinski definition) is 2. The highest BCUT2D eigenvalue weighted by molar-refractivity contribution is 6.42. The molecule has 2 saturated carbocycles. The van der Waals surface area contributed by atoms with Crippen LogP contribution >= 0.6 is 23.2 Å². The van der Waals surface area contributed by atoms with Gasteiger partial charge in [-0.05, 0) is 36.8 Å². The molecule has 2 unspecified atom stereocenters. The summed E-state index contributed by atoms with van der Waals surface area (Å²) in [4.78, 5) is 24.9. The number of halogens is 2. The fourth-order valence-electron chi connectivity index (χ4n) is 2.75. The Hall–Kier alpha value is -1.26. The Morgan fingerprint density at radius 1 is 1.29 bits per heavy atom. The number of amides is 1. The molecule has 21 heavy (non-hydrogen) atoms. The molecular weight excluding hydrogens is 313 g/mol. The average Bonchev–Trinajstić information content (AvgIpc) is 3.31. The maximum atomic E-state index is 12.5. The van der Waals surface area contributed by atoms with E-state index < -0.39 is 5.97 Å². The number of carboxylic acid groups (broad SMARTS) is 1. The van der Waals surface area contributed by atoms with Crippen LogP contribution in [0.4, 0.5) is 0 Å². The first-order chi connectivity index (χ1) is 9.99. The zero-order valence-corrected chi connectivity index (χ0v) is 12.8. The Balaban J connectivity index is 1.73. The van der Waals surface area contributed by atoms with Crippen molar-refractivity contribution < 1.29 is 14.7 Å². The molecule has 2 aliphatic rings. The molecule has 3 rings (SSSR count). The molecule has 0 radical (unpaired) electrons. The summed E-state index contributed by atoms with van der Waals surface area (Å²) in [7, 11) is 0. The average molecular weight is 328 g/mol. The minimum absolute atomic E-state index is 0.0544. The Kier molecular flexibility index (Phi) is 3.84. The lowest BCUT2D eigenvalue weighted by Gasteiger charge is -2.20. The number of benzene rings is 1. The van der Waals surface area contributed by atoms with Gasteiger partial charge in [-0.3, -0.25) is 9.59 Å². The van der Waals surface area contributed by atoms with Crippen LogP contribution in [0.25, 0.3) is 0 Å². The zero-order chi connectivity index (χ0) is 15.1. The molecule has 0 heterocycles. The largest absolute Gasteiger partial charge is 0.480 e. The van der Waals surface area contributed by atoms with Crippen molar-refractivity contribution >= 4 is 35.1 Å². The van der Waals surface area contributed by atoms with Crippen molar-refractivity contribution in [1.29, 1.82) is 0 Å². The van der Waals surface area contributed by atoms with E-state index in [0.717, 1.165) is 18.4 Å². The summed E-state index contributed by atoms with van der Waals surface area (Å²) >= 11 is 12.2. The van der Waals surface area contributed by atoms with Gasteiger partial charge < -0.3 is 10.0 Å². The van der Waals surface area contributed by atoms with E-state index in [0.29, 0.717) is 16.5 Å². The minimum atomic E-state index is -0.965. The Morgan fingerprint density at radius 2 is 2.00 bits per heavy atom. The van der Waals surface area contributed by atoms with Crippen LogP contribution in [-0.2, 0) is 9.59 Å². The second-order valence-corrected chi connectivity index (χ2v) is 6.47. The maximum absolute atomic E-state index is 12.5. The number of carbonyl (C=O) groups excluding carboxylic acids is 1. The zero-order valence-electron chi connectivity index (χ0n) is 11.3. The molecular formula is C15H15Cl2NO3. The first-order valence-electron chi connectivity index (χ1n) is 6.95. The first-order valence-corrected chi connectivity index (χ1v) is 7.71. The molecule has 0 spiro atoms. The molecule has 1 amide bonds. The molecule has 0 aromatic heterocycles. The quantitative estimate of drug-likeness (QED) is 0.903. The van der Waals surface area contributed by atoms with E-state index in [1.807, 2.05) is 12.1 Å². The third-order valence-electron chi connectivity index (χ3n) is 4.06. The molecule has 1 aromatic carbocycles. The van der Waals surface area contributed by atoms with Crippen molar-refractivity contribution in [3.05, 3.63) is 33.8 Å². The molecule has 4 nitrogen and oxygen atoms in total. The lowest BCUT2D eigenvalue weighted by molar-refractivity contribution is -0.145. The van der Waals surface area contributed by atoms with Crippen LogP contribution in [0.2, 0.25) is 10.0 Å². The molecule has 2 atom stereocenters. The highest BCUT2D eigenvalue weighted by Gasteiger charge is 2.49. The van der Waals surface area contributed by atoms with Crippen molar-refractivity contribution in [2.45, 2.75) is 31.2 Å². The summed E-state index contributed by atoms with van der Waals surface area (Å²) < 4.78 is 0. The van der Waals surface area contributed by atoms with E-state index in [1.165, 1.54) is 4.90 Å². The molecule has 0 aliphatic heterocycles. The predicted octanol–water partition coefficient (Wildman–Crippen LogP) is 3.17. The topological polar surface area (TPSA) is 57.6 Å². The van der Waals surface area contributed by atoms with Crippen molar-refractivity contribution in [3.8, 4) is 0 Å². The molecule has 0 saturated heterocycles. The van der Waals surface area contributed by atoms with Crippen LogP contribution in [0.15, 0.2) is 18.2 Å². The maximum Gasteiger partial charge on any atom is 0.323 e. The molecule has 1 aromatic rings. The van der Waals surface area contributed by atoms with Gasteiger partial charge in [-0.15, -0.1) is 0 Å². The van der Waals surface area contributed by atoms with E-state index in [9.17, 15) is 9.59 Å². The lowest BCUT2D eigenvalue weighted by Crippen LogP contribution is -2.38. The summed E-state index contributed by atoms with van der Waals surface area (Å²) in [6.45, 7) is -0.212. The van der Waals surface area contributed by atoms with Gasteiger partial charge in [-0.25, -0.2) is 0 Å². The Labute approximate surface area is 132 Å². The normalized spacial score (nSPS) is 23.7. The third kappa shape index (κ3) is 3.01. The number of carboxylic acids is 1. The van der Waals surface area contributed by atoms with Gasteiger partial charge >= 0.3 is 5.97 Å². The molecule has 2 fully saturated rings. The summed E-state index contributed by atoms with van der Waals surface area (Å²) in [5.74, 6) is -1.14. The van der Waals surface area contributed by atoms with Crippen LogP contribution in [0.1, 0.15) is 30.7 Å². The summed E-state index contributed by atoms with van der Waals surface area (Å²) in [6.07, 6.45) is 2.50. The van der Waals surface area contributed by atoms with Crippen LogP contribution in [0.3, 0.4) is 0 Å². The third-order valence-corrected chi connectivity index (χ3v) is 4.90. The fraction of sp³-hybridized carbons (Fsp3) is 0.467. The second kappa shape index (κ2) is 5.50. The molecule has 1 N–H and O–H groups in total. The smallest absolute Gasteiger partial charge is 0.323 e. The van der Waals surface area contributed by atoms with Gasteiger partial charge in [0, 0.05) is 12.0 Å². The van der Waals surface area contributed by atoms with Gasteiger partial charge in [0.1, 0.15) is 6.54 Å². The SMILES string of the molecule is O=C(O)CN(C(=O)C1CC1c1cccc(Cl)c1Cl)C1CC1. The number of aliphatic carboxylic acids is 1. The van der Waals surface area contributed by atoms with E-state index in [2.05, 4.69) is 0 Å². The monoisotopic (exact) mass is 327 g/mol. The standard InChI is InChI=1S/C15H15Cl2NO3/c16-12-3-1-2-9(14(12)17)10-6-11(10)15(21)18(7-13(19)20)8-4-5-8/h1-3,8,10-11H,4-7H2,(H,19,20). The highest BCUT2D eigenvalue weighted by Crippen LogP contribution is 2.52. The van der Waals surface area contributed by atoms with Crippen LogP contribution in [0, 0.1) is 5.92 Å². The lowest BCUT2D eigenvalue weighted by atomic mass is 10.1. The Bertz CT molecular complexity index is 601. The van der Waals surface area contributed by atoms with E-state index in [4.69, 9.17) is 28.3 Å². The van der Waals surface area contributed by atoms with Crippen LogP contribution < -0.4 is 0 Å². The molecule has 6 heteroatoms. The number of nitrogens with zero attached hydrogens (tertiary/aromatic N) is 1. The van der Waals surface area contributed by atoms with E-state index >= 15 is 0 Å².